The van der Waals surface area contributed by atoms with Crippen molar-refractivity contribution in [2.75, 3.05) is 13.7 Å². The number of methoxy groups -OCH3 is 1. The fourth-order valence-corrected chi connectivity index (χ4v) is 3.15. The van der Waals surface area contributed by atoms with Gasteiger partial charge in [-0.2, -0.15) is 0 Å². The highest BCUT2D eigenvalue weighted by atomic mass is 32.1. The standard InChI is InChI=1S/C16H17N3O2S/c1-21-14-7-3-2-5-12(14)16-19-10-11(22-16)9-18-15(20)13-6-4-8-17-13/h2-7,10,13,17H,8-9H2,1H3,(H,18,20)/t13-/m1/s1. The molecule has 114 valence electrons. The van der Waals surface area contributed by atoms with Crippen LogP contribution >= 0.6 is 11.3 Å². The Hall–Kier alpha value is -2.18. The van der Waals surface area contributed by atoms with E-state index in [1.807, 2.05) is 36.4 Å². The van der Waals surface area contributed by atoms with Gasteiger partial charge in [0.2, 0.25) is 5.91 Å². The molecule has 0 spiro atoms. The molecule has 0 saturated heterocycles. The molecule has 3 rings (SSSR count). The highest BCUT2D eigenvalue weighted by Gasteiger charge is 2.17. The van der Waals surface area contributed by atoms with Gasteiger partial charge in [0, 0.05) is 17.6 Å². The van der Waals surface area contributed by atoms with Crippen LogP contribution in [0.4, 0.5) is 0 Å². The molecule has 0 fully saturated rings. The van der Waals surface area contributed by atoms with Crippen molar-refractivity contribution in [3.05, 3.63) is 47.5 Å². The minimum absolute atomic E-state index is 0.0130. The molecule has 0 bridgehead atoms. The summed E-state index contributed by atoms with van der Waals surface area (Å²) in [5.74, 6) is 0.786. The van der Waals surface area contributed by atoms with Gasteiger partial charge in [-0.05, 0) is 12.1 Å². The summed E-state index contributed by atoms with van der Waals surface area (Å²) in [5.41, 5.74) is 0.966. The van der Waals surface area contributed by atoms with Crippen LogP contribution in [0.25, 0.3) is 10.6 Å². The lowest BCUT2D eigenvalue weighted by Gasteiger charge is -2.09. The van der Waals surface area contributed by atoms with Crippen LogP contribution in [0.3, 0.4) is 0 Å². The number of rotatable bonds is 5. The molecule has 0 aliphatic carbocycles. The largest absolute Gasteiger partial charge is 0.496 e. The zero-order chi connectivity index (χ0) is 15.4. The molecular formula is C16H17N3O2S. The molecule has 0 unspecified atom stereocenters. The molecular weight excluding hydrogens is 298 g/mol. The summed E-state index contributed by atoms with van der Waals surface area (Å²) in [5, 5.41) is 6.90. The Kier molecular flexibility index (Phi) is 4.50. The fourth-order valence-electron chi connectivity index (χ4n) is 2.27. The number of hydrogen-bond acceptors (Lipinski definition) is 5. The van der Waals surface area contributed by atoms with Gasteiger partial charge in [-0.3, -0.25) is 10.1 Å². The molecule has 2 aromatic rings. The molecule has 22 heavy (non-hydrogen) atoms. The fraction of sp³-hybridized carbons (Fsp3) is 0.250. The Labute approximate surface area is 133 Å². The molecule has 1 aliphatic rings. The Bertz CT molecular complexity index is 696. The summed E-state index contributed by atoms with van der Waals surface area (Å²) in [6, 6.07) is 7.56. The maximum atomic E-state index is 11.9. The smallest absolute Gasteiger partial charge is 0.241 e. The molecule has 1 amide bonds. The maximum Gasteiger partial charge on any atom is 0.241 e. The van der Waals surface area contributed by atoms with Crippen molar-refractivity contribution in [3.63, 3.8) is 0 Å². The third-order valence-electron chi connectivity index (χ3n) is 3.39. The van der Waals surface area contributed by atoms with Crippen molar-refractivity contribution < 1.29 is 9.53 Å². The lowest BCUT2D eigenvalue weighted by atomic mass is 10.2. The third kappa shape index (κ3) is 3.18. The monoisotopic (exact) mass is 315 g/mol. The van der Waals surface area contributed by atoms with Crippen LogP contribution in [0.2, 0.25) is 0 Å². The topological polar surface area (TPSA) is 63.2 Å². The predicted octanol–water partition coefficient (Wildman–Crippen LogP) is 1.96. The zero-order valence-corrected chi connectivity index (χ0v) is 13.0. The van der Waals surface area contributed by atoms with Crippen molar-refractivity contribution in [1.82, 2.24) is 15.6 Å². The van der Waals surface area contributed by atoms with Gasteiger partial charge < -0.3 is 10.1 Å². The summed E-state index contributed by atoms with van der Waals surface area (Å²) in [7, 11) is 1.65. The number of amides is 1. The molecule has 1 aliphatic heterocycles. The highest BCUT2D eigenvalue weighted by Crippen LogP contribution is 2.32. The summed E-state index contributed by atoms with van der Waals surface area (Å²) < 4.78 is 5.36. The zero-order valence-electron chi connectivity index (χ0n) is 12.2. The van der Waals surface area contributed by atoms with Crippen LogP contribution in [-0.2, 0) is 11.3 Å². The highest BCUT2D eigenvalue weighted by molar-refractivity contribution is 7.15. The predicted molar refractivity (Wildman–Crippen MR) is 86.9 cm³/mol. The van der Waals surface area contributed by atoms with Crippen molar-refractivity contribution in [1.29, 1.82) is 0 Å². The second-order valence-electron chi connectivity index (χ2n) is 4.86. The van der Waals surface area contributed by atoms with E-state index in [9.17, 15) is 4.79 Å². The lowest BCUT2D eigenvalue weighted by Crippen LogP contribution is -2.39. The van der Waals surface area contributed by atoms with Gasteiger partial charge in [0.25, 0.3) is 0 Å². The molecule has 0 saturated carbocycles. The van der Waals surface area contributed by atoms with E-state index in [1.165, 1.54) is 0 Å². The van der Waals surface area contributed by atoms with Crippen molar-refractivity contribution in [2.45, 2.75) is 12.6 Å². The number of hydrogen-bond donors (Lipinski definition) is 2. The van der Waals surface area contributed by atoms with E-state index in [1.54, 1.807) is 24.6 Å². The molecule has 2 N–H and O–H groups in total. The van der Waals surface area contributed by atoms with Gasteiger partial charge in [0.05, 0.1) is 19.2 Å². The van der Waals surface area contributed by atoms with Gasteiger partial charge >= 0.3 is 0 Å². The third-order valence-corrected chi connectivity index (χ3v) is 4.43. The van der Waals surface area contributed by atoms with Crippen LogP contribution in [0.1, 0.15) is 4.88 Å². The van der Waals surface area contributed by atoms with Crippen LogP contribution < -0.4 is 15.4 Å². The van der Waals surface area contributed by atoms with E-state index in [4.69, 9.17) is 4.74 Å². The van der Waals surface area contributed by atoms with Crippen molar-refractivity contribution >= 4 is 17.2 Å². The van der Waals surface area contributed by atoms with Crippen LogP contribution in [0, 0.1) is 0 Å². The van der Waals surface area contributed by atoms with Crippen molar-refractivity contribution in [2.24, 2.45) is 0 Å². The maximum absolute atomic E-state index is 11.9. The number of thiazole rings is 1. The first kappa shape index (κ1) is 14.7. The van der Waals surface area contributed by atoms with Crippen molar-refractivity contribution in [3.8, 4) is 16.3 Å². The van der Waals surface area contributed by atoms with E-state index in [-0.39, 0.29) is 11.9 Å². The number of benzene rings is 1. The molecule has 5 nitrogen and oxygen atoms in total. The number of nitrogens with zero attached hydrogens (tertiary/aromatic N) is 1. The number of para-hydroxylation sites is 1. The summed E-state index contributed by atoms with van der Waals surface area (Å²) >= 11 is 1.56. The SMILES string of the molecule is COc1ccccc1-c1ncc(CNC(=O)[C@H]2C=CCN2)s1. The quantitative estimate of drug-likeness (QED) is 0.828. The summed E-state index contributed by atoms with van der Waals surface area (Å²) in [6.07, 6.45) is 5.63. The van der Waals surface area contributed by atoms with E-state index in [0.717, 1.165) is 27.7 Å². The van der Waals surface area contributed by atoms with Gasteiger partial charge in [0.15, 0.2) is 0 Å². The first-order valence-corrected chi connectivity index (χ1v) is 7.85. The molecule has 2 heterocycles. The van der Waals surface area contributed by atoms with Crippen LogP contribution in [-0.4, -0.2) is 30.6 Å². The first-order valence-electron chi connectivity index (χ1n) is 7.04. The Morgan fingerprint density at radius 2 is 2.36 bits per heavy atom. The van der Waals surface area contributed by atoms with E-state index in [0.29, 0.717) is 6.54 Å². The molecule has 0 radical (unpaired) electrons. The normalized spacial score (nSPS) is 16.7. The average molecular weight is 315 g/mol. The van der Waals surface area contributed by atoms with E-state index < -0.39 is 0 Å². The second-order valence-corrected chi connectivity index (χ2v) is 5.98. The van der Waals surface area contributed by atoms with Crippen LogP contribution in [0.15, 0.2) is 42.6 Å². The number of ether oxygens (including phenoxy) is 1. The molecule has 1 aromatic heterocycles. The Morgan fingerprint density at radius 1 is 1.50 bits per heavy atom. The second kappa shape index (κ2) is 6.72. The first-order chi connectivity index (χ1) is 10.8. The van der Waals surface area contributed by atoms with Gasteiger partial charge in [-0.15, -0.1) is 11.3 Å². The van der Waals surface area contributed by atoms with Gasteiger partial charge in [-0.25, -0.2) is 4.98 Å². The minimum atomic E-state index is -0.221. The Balaban J connectivity index is 1.66. The van der Waals surface area contributed by atoms with Gasteiger partial charge in [-0.1, -0.05) is 24.3 Å². The average Bonchev–Trinajstić information content (AvgIpc) is 3.24. The number of nitrogens with one attached hydrogen (secondary N) is 2. The molecule has 6 heteroatoms. The summed E-state index contributed by atoms with van der Waals surface area (Å²) in [4.78, 5) is 17.4. The lowest BCUT2D eigenvalue weighted by molar-refractivity contribution is -0.122. The Morgan fingerprint density at radius 3 is 3.14 bits per heavy atom. The number of carbonyl (C=O) groups is 1. The molecule has 1 aromatic carbocycles. The van der Waals surface area contributed by atoms with Gasteiger partial charge in [0.1, 0.15) is 16.8 Å². The summed E-state index contributed by atoms with van der Waals surface area (Å²) in [6.45, 7) is 1.23. The number of carbonyl (C=O) groups excluding carboxylic acids is 1. The molecule has 1 atom stereocenters. The minimum Gasteiger partial charge on any atom is -0.496 e. The van der Waals surface area contributed by atoms with E-state index in [2.05, 4.69) is 15.6 Å². The van der Waals surface area contributed by atoms with Crippen LogP contribution in [0.5, 0.6) is 5.75 Å². The number of aromatic nitrogens is 1. The van der Waals surface area contributed by atoms with E-state index >= 15 is 0 Å².